The van der Waals surface area contributed by atoms with Crippen molar-refractivity contribution in [1.29, 1.82) is 0 Å². The Hall–Kier alpha value is -2.58. The van der Waals surface area contributed by atoms with Crippen molar-refractivity contribution in [2.45, 2.75) is 27.4 Å². The van der Waals surface area contributed by atoms with E-state index in [0.29, 0.717) is 10.5 Å². The van der Waals surface area contributed by atoms with Gasteiger partial charge in [-0.3, -0.25) is 4.79 Å². The molecule has 0 bridgehead atoms. The van der Waals surface area contributed by atoms with Crippen molar-refractivity contribution in [3.05, 3.63) is 52.1 Å². The Labute approximate surface area is 169 Å². The molecule has 0 radical (unpaired) electrons. The smallest absolute Gasteiger partial charge is 0.252 e. The molecule has 3 aromatic rings. The summed E-state index contributed by atoms with van der Waals surface area (Å²) in [4.78, 5) is 24.3. The number of nitrogens with zero attached hydrogens (tertiary/aromatic N) is 5. The van der Waals surface area contributed by atoms with Crippen molar-refractivity contribution in [2.24, 2.45) is 0 Å². The summed E-state index contributed by atoms with van der Waals surface area (Å²) in [7, 11) is 0. The van der Waals surface area contributed by atoms with Crippen LogP contribution in [0.4, 0.5) is 5.69 Å². The zero-order chi connectivity index (χ0) is 19.8. The molecule has 0 aliphatic carbocycles. The number of anilines is 1. The lowest BCUT2D eigenvalue weighted by atomic mass is 10.1. The van der Waals surface area contributed by atoms with Crippen LogP contribution in [-0.2, 0) is 6.67 Å². The van der Waals surface area contributed by atoms with Crippen molar-refractivity contribution >= 4 is 29.5 Å². The fraction of sp³-hybridized carbons (Fsp3) is 0.400. The van der Waals surface area contributed by atoms with E-state index in [0.717, 1.165) is 49.8 Å². The van der Waals surface area contributed by atoms with E-state index < -0.39 is 0 Å². The molecule has 0 unspecified atom stereocenters. The van der Waals surface area contributed by atoms with Crippen molar-refractivity contribution in [3.63, 3.8) is 0 Å². The number of hydrogen-bond donors (Lipinski definition) is 1. The molecule has 1 saturated heterocycles. The maximum absolute atomic E-state index is 11.5. The molecule has 146 valence electrons. The molecule has 0 atom stereocenters. The summed E-state index contributed by atoms with van der Waals surface area (Å²) in [6, 6.07) is 9.95. The van der Waals surface area contributed by atoms with E-state index in [1.165, 1.54) is 10.6 Å². The van der Waals surface area contributed by atoms with Gasteiger partial charge in [-0.15, -0.1) is 0 Å². The molecule has 1 aromatic carbocycles. The number of benzene rings is 1. The van der Waals surface area contributed by atoms with Gasteiger partial charge in [0.25, 0.3) is 5.78 Å². The van der Waals surface area contributed by atoms with Crippen LogP contribution in [0.1, 0.15) is 28.7 Å². The van der Waals surface area contributed by atoms with Crippen molar-refractivity contribution in [1.82, 2.24) is 19.2 Å². The molecule has 1 aliphatic rings. The number of carbonyl (C=O) groups excluding carboxylic acids is 1. The lowest BCUT2D eigenvalue weighted by Gasteiger charge is -2.33. The van der Waals surface area contributed by atoms with Gasteiger partial charge in [-0.2, -0.15) is 4.98 Å². The zero-order valence-corrected chi connectivity index (χ0v) is 17.3. The highest BCUT2D eigenvalue weighted by Crippen LogP contribution is 2.15. The quantitative estimate of drug-likeness (QED) is 0.533. The summed E-state index contributed by atoms with van der Waals surface area (Å²) in [6.07, 6.45) is 0. The van der Waals surface area contributed by atoms with Crippen LogP contribution in [0.15, 0.2) is 30.3 Å². The Bertz CT molecular complexity index is 1080. The third kappa shape index (κ3) is 3.57. The molecule has 7 nitrogen and oxygen atoms in total. The molecule has 1 fully saturated rings. The Morgan fingerprint density at radius 3 is 2.46 bits per heavy atom. The van der Waals surface area contributed by atoms with E-state index in [-0.39, 0.29) is 5.78 Å². The van der Waals surface area contributed by atoms with Crippen LogP contribution < -0.4 is 9.80 Å². The highest BCUT2D eigenvalue weighted by atomic mass is 32.1. The van der Waals surface area contributed by atoms with Crippen molar-refractivity contribution in [3.8, 4) is 0 Å². The van der Waals surface area contributed by atoms with E-state index >= 15 is 0 Å². The van der Waals surface area contributed by atoms with Gasteiger partial charge in [-0.05, 0) is 63.3 Å². The molecule has 0 spiro atoms. The number of rotatable bonds is 4. The van der Waals surface area contributed by atoms with Gasteiger partial charge in [0, 0.05) is 22.6 Å². The number of nitrogens with one attached hydrogen (secondary N) is 1. The zero-order valence-electron chi connectivity index (χ0n) is 16.5. The minimum atomic E-state index is 0.102. The number of aryl methyl sites for hydroxylation is 2. The normalized spacial score (nSPS) is 15.3. The number of quaternary nitrogens is 1. The van der Waals surface area contributed by atoms with E-state index in [2.05, 4.69) is 32.5 Å². The number of hydrogen-bond acceptors (Lipinski definition) is 5. The van der Waals surface area contributed by atoms with Gasteiger partial charge in [0.2, 0.25) is 4.77 Å². The van der Waals surface area contributed by atoms with Gasteiger partial charge in [0.05, 0.1) is 26.2 Å². The summed E-state index contributed by atoms with van der Waals surface area (Å²) in [5, 5.41) is 0. The molecule has 4 rings (SSSR count). The third-order valence-corrected chi connectivity index (χ3v) is 5.66. The first-order valence-corrected chi connectivity index (χ1v) is 9.96. The van der Waals surface area contributed by atoms with Crippen molar-refractivity contribution in [2.75, 3.05) is 31.1 Å². The molecule has 28 heavy (non-hydrogen) atoms. The Kier molecular flexibility index (Phi) is 4.99. The molecule has 1 N–H and O–H groups in total. The van der Waals surface area contributed by atoms with Crippen LogP contribution in [0.5, 0.6) is 0 Å². The number of fused-ring (bicyclic) bond motifs is 1. The van der Waals surface area contributed by atoms with Gasteiger partial charge < -0.3 is 9.80 Å². The number of ketones is 1. The van der Waals surface area contributed by atoms with Crippen LogP contribution in [0.3, 0.4) is 0 Å². The average molecular weight is 398 g/mol. The van der Waals surface area contributed by atoms with Crippen LogP contribution in [-0.4, -0.2) is 51.1 Å². The van der Waals surface area contributed by atoms with Crippen LogP contribution in [0.2, 0.25) is 0 Å². The van der Waals surface area contributed by atoms with Gasteiger partial charge in [0.1, 0.15) is 0 Å². The largest absolute Gasteiger partial charge is 0.360 e. The standard InChI is InChI=1S/C20H24N6OS/c1-14-12-15(2)26-19(21-14)22-20(28)25(26)13-23-8-10-24(11-9-23)18-6-4-17(5-7-18)16(3)27/h4-7,12H,8-11,13H2,1-3H3/p+1. The molecule has 3 heterocycles. The lowest BCUT2D eigenvalue weighted by Crippen LogP contribution is -3.14. The van der Waals surface area contributed by atoms with Gasteiger partial charge in [-0.1, -0.05) is 0 Å². The first kappa shape index (κ1) is 18.8. The minimum Gasteiger partial charge on any atom is -0.360 e. The van der Waals surface area contributed by atoms with Gasteiger partial charge >= 0.3 is 0 Å². The molecule has 2 aromatic heterocycles. The predicted molar refractivity (Wildman–Crippen MR) is 111 cm³/mol. The highest BCUT2D eigenvalue weighted by molar-refractivity contribution is 7.71. The lowest BCUT2D eigenvalue weighted by molar-refractivity contribution is -0.924. The summed E-state index contributed by atoms with van der Waals surface area (Å²) < 4.78 is 4.66. The van der Waals surface area contributed by atoms with Gasteiger partial charge in [0.15, 0.2) is 12.5 Å². The second kappa shape index (κ2) is 7.44. The number of Topliss-reactive ketones (excluding diaryl/α,β-unsaturated/α-hetero) is 1. The van der Waals surface area contributed by atoms with E-state index in [9.17, 15) is 4.79 Å². The molecule has 1 aliphatic heterocycles. The van der Waals surface area contributed by atoms with Crippen molar-refractivity contribution < 1.29 is 9.69 Å². The molecule has 0 saturated carbocycles. The summed E-state index contributed by atoms with van der Waals surface area (Å²) >= 11 is 5.50. The second-order valence-corrected chi connectivity index (χ2v) is 7.81. The third-order valence-electron chi connectivity index (χ3n) is 5.36. The second-order valence-electron chi connectivity index (χ2n) is 7.44. The first-order valence-electron chi connectivity index (χ1n) is 9.56. The summed E-state index contributed by atoms with van der Waals surface area (Å²) in [6.45, 7) is 10.4. The van der Waals surface area contributed by atoms with Crippen LogP contribution >= 0.6 is 12.2 Å². The number of carbonyl (C=O) groups is 1. The fourth-order valence-electron chi connectivity index (χ4n) is 3.85. The highest BCUT2D eigenvalue weighted by Gasteiger charge is 2.22. The van der Waals surface area contributed by atoms with Crippen LogP contribution in [0.25, 0.3) is 5.78 Å². The predicted octanol–water partition coefficient (Wildman–Crippen LogP) is 1.44. The average Bonchev–Trinajstić information content (AvgIpc) is 2.97. The fourth-order valence-corrected chi connectivity index (χ4v) is 4.08. The van der Waals surface area contributed by atoms with E-state index in [1.54, 1.807) is 6.92 Å². The van der Waals surface area contributed by atoms with E-state index in [4.69, 9.17) is 12.2 Å². The summed E-state index contributed by atoms with van der Waals surface area (Å²) in [5.41, 5.74) is 3.98. The summed E-state index contributed by atoms with van der Waals surface area (Å²) in [5.74, 6) is 0.775. The maximum atomic E-state index is 11.5. The Balaban J connectivity index is 1.46. The number of aromatic nitrogens is 4. The minimum absolute atomic E-state index is 0.102. The van der Waals surface area contributed by atoms with E-state index in [1.807, 2.05) is 35.7 Å². The van der Waals surface area contributed by atoms with Crippen LogP contribution in [0, 0.1) is 18.6 Å². The molecular weight excluding hydrogens is 372 g/mol. The molecule has 8 heteroatoms. The monoisotopic (exact) mass is 397 g/mol. The maximum Gasteiger partial charge on any atom is 0.252 e. The topological polar surface area (TPSA) is 59.9 Å². The Morgan fingerprint density at radius 1 is 1.14 bits per heavy atom. The first-order chi connectivity index (χ1) is 13.4. The molecular formula is C20H25N6OS+. The molecule has 0 amide bonds. The Morgan fingerprint density at radius 2 is 1.82 bits per heavy atom. The number of piperazine rings is 1. The SMILES string of the molecule is CC(=O)c1ccc(N2CC[NH+](Cn3c(=S)nc4nc(C)cc(C)n43)CC2)cc1. The van der Waals surface area contributed by atoms with Gasteiger partial charge in [-0.25, -0.2) is 14.2 Å².